The van der Waals surface area contributed by atoms with Gasteiger partial charge in [0, 0.05) is 6.04 Å². The fourth-order valence-corrected chi connectivity index (χ4v) is 4.27. The lowest BCUT2D eigenvalue weighted by Crippen LogP contribution is -2.33. The number of rotatable bonds is 7. The Bertz CT molecular complexity index is 1500. The number of nitrogens with one attached hydrogen (secondary N) is 1. The molecule has 5 rings (SSSR count). The third kappa shape index (κ3) is 4.71. The third-order valence-electron chi connectivity index (χ3n) is 6.16. The number of nitrogens with two attached hydrogens (primary N) is 1. The summed E-state index contributed by atoms with van der Waals surface area (Å²) in [5, 5.41) is 3.08. The van der Waals surface area contributed by atoms with E-state index in [1.807, 2.05) is 49.4 Å². The van der Waals surface area contributed by atoms with E-state index in [-0.39, 0.29) is 23.6 Å². The van der Waals surface area contributed by atoms with Crippen LogP contribution >= 0.6 is 0 Å². The molecule has 2 aromatic heterocycles. The van der Waals surface area contributed by atoms with Crippen LogP contribution in [0.3, 0.4) is 0 Å². The molecule has 0 bridgehead atoms. The Balaban J connectivity index is 1.49. The number of para-hydroxylation sites is 2. The maximum absolute atomic E-state index is 13.4. The van der Waals surface area contributed by atoms with E-state index >= 15 is 0 Å². The first-order valence-corrected chi connectivity index (χ1v) is 11.6. The first-order valence-electron chi connectivity index (χ1n) is 11.6. The molecule has 0 saturated heterocycles. The van der Waals surface area contributed by atoms with Crippen LogP contribution in [-0.4, -0.2) is 26.5 Å². The van der Waals surface area contributed by atoms with Gasteiger partial charge >= 0.3 is 0 Å². The van der Waals surface area contributed by atoms with E-state index < -0.39 is 0 Å². The monoisotopic (exact) mass is 467 g/mol. The van der Waals surface area contributed by atoms with Crippen molar-refractivity contribution in [3.8, 4) is 0 Å². The molecule has 5 aromatic rings. The Hall–Kier alpha value is -4.26. The molecule has 6 nitrogen and oxygen atoms in total. The standard InChI is InChI=1S/C28H26FN5O/c1-18(11-12-19-7-3-2-4-8-19)31-28(35)24-25-27(33-23-10-6-5-9-22(23)32-25)34(26(24)30)17-20-13-15-21(29)16-14-20/h2-10,13-16,18H,11-12,17,30H2,1H3,(H,31,35)/t18-/m0/s1. The topological polar surface area (TPSA) is 85.8 Å². The van der Waals surface area contributed by atoms with Crippen LogP contribution in [0.25, 0.3) is 22.2 Å². The molecule has 0 aliphatic rings. The minimum Gasteiger partial charge on any atom is -0.384 e. The number of hydrogen-bond donors (Lipinski definition) is 2. The molecule has 0 unspecified atom stereocenters. The van der Waals surface area contributed by atoms with Gasteiger partial charge in [0.2, 0.25) is 0 Å². The van der Waals surface area contributed by atoms with Crippen molar-refractivity contribution in [1.29, 1.82) is 0 Å². The van der Waals surface area contributed by atoms with Crippen molar-refractivity contribution in [2.45, 2.75) is 32.4 Å². The van der Waals surface area contributed by atoms with E-state index in [4.69, 9.17) is 15.7 Å². The SMILES string of the molecule is C[C@@H](CCc1ccccc1)NC(=O)c1c(N)n(Cc2ccc(F)cc2)c2nc3ccccc3nc12. The van der Waals surface area contributed by atoms with Crippen LogP contribution in [0.4, 0.5) is 10.2 Å². The molecular formula is C28H26FN5O. The van der Waals surface area contributed by atoms with Crippen molar-refractivity contribution < 1.29 is 9.18 Å². The van der Waals surface area contributed by atoms with E-state index in [1.165, 1.54) is 17.7 Å². The summed E-state index contributed by atoms with van der Waals surface area (Å²) in [6.07, 6.45) is 1.65. The Morgan fingerprint density at radius 1 is 0.943 bits per heavy atom. The third-order valence-corrected chi connectivity index (χ3v) is 6.16. The molecule has 1 atom stereocenters. The van der Waals surface area contributed by atoms with Gasteiger partial charge in [0.05, 0.1) is 17.6 Å². The number of aromatic nitrogens is 3. The van der Waals surface area contributed by atoms with Crippen LogP contribution in [0.15, 0.2) is 78.9 Å². The number of halogens is 1. The van der Waals surface area contributed by atoms with Crippen molar-refractivity contribution in [3.05, 3.63) is 101 Å². The molecule has 35 heavy (non-hydrogen) atoms. The summed E-state index contributed by atoms with van der Waals surface area (Å²) in [6.45, 7) is 2.32. The van der Waals surface area contributed by atoms with Crippen LogP contribution in [0.2, 0.25) is 0 Å². The quantitative estimate of drug-likeness (QED) is 0.349. The Kier molecular flexibility index (Phi) is 6.14. The second-order valence-corrected chi connectivity index (χ2v) is 8.76. The number of carbonyl (C=O) groups is 1. The Labute approximate surface area is 202 Å². The molecule has 0 spiro atoms. The van der Waals surface area contributed by atoms with Gasteiger partial charge in [0.1, 0.15) is 22.7 Å². The Morgan fingerprint density at radius 3 is 2.31 bits per heavy atom. The zero-order chi connectivity index (χ0) is 24.4. The first kappa shape index (κ1) is 22.5. The van der Waals surface area contributed by atoms with E-state index in [9.17, 15) is 9.18 Å². The van der Waals surface area contributed by atoms with Gasteiger partial charge in [-0.2, -0.15) is 0 Å². The maximum atomic E-state index is 13.4. The predicted molar refractivity (Wildman–Crippen MR) is 137 cm³/mol. The highest BCUT2D eigenvalue weighted by molar-refractivity contribution is 6.10. The van der Waals surface area contributed by atoms with E-state index in [0.29, 0.717) is 34.3 Å². The van der Waals surface area contributed by atoms with Crippen LogP contribution in [0.5, 0.6) is 0 Å². The summed E-state index contributed by atoms with van der Waals surface area (Å²) < 4.78 is 15.2. The molecule has 0 aliphatic heterocycles. The number of anilines is 1. The van der Waals surface area contributed by atoms with Gasteiger partial charge < -0.3 is 15.6 Å². The number of nitrogens with zero attached hydrogens (tertiary/aromatic N) is 3. The lowest BCUT2D eigenvalue weighted by atomic mass is 10.1. The van der Waals surface area contributed by atoms with Gasteiger partial charge in [-0.25, -0.2) is 14.4 Å². The zero-order valence-corrected chi connectivity index (χ0v) is 19.4. The average Bonchev–Trinajstić information content (AvgIpc) is 3.13. The molecule has 0 saturated carbocycles. The molecule has 3 N–H and O–H groups in total. The minimum atomic E-state index is -0.311. The lowest BCUT2D eigenvalue weighted by Gasteiger charge is -2.14. The fourth-order valence-electron chi connectivity index (χ4n) is 4.27. The van der Waals surface area contributed by atoms with Gasteiger partial charge in [0.25, 0.3) is 5.91 Å². The van der Waals surface area contributed by atoms with Gasteiger partial charge in [0.15, 0.2) is 5.65 Å². The number of carbonyl (C=O) groups excluding carboxylic acids is 1. The van der Waals surface area contributed by atoms with Crippen molar-refractivity contribution >= 4 is 33.9 Å². The van der Waals surface area contributed by atoms with Gasteiger partial charge in [-0.1, -0.05) is 54.6 Å². The molecule has 7 heteroatoms. The largest absolute Gasteiger partial charge is 0.384 e. The van der Waals surface area contributed by atoms with E-state index in [1.54, 1.807) is 16.7 Å². The van der Waals surface area contributed by atoms with Crippen molar-refractivity contribution in [3.63, 3.8) is 0 Å². The van der Waals surface area contributed by atoms with Crippen molar-refractivity contribution in [1.82, 2.24) is 19.9 Å². The Morgan fingerprint density at radius 2 is 1.60 bits per heavy atom. The predicted octanol–water partition coefficient (Wildman–Crippen LogP) is 5.11. The highest BCUT2D eigenvalue weighted by Crippen LogP contribution is 2.29. The number of benzene rings is 3. The lowest BCUT2D eigenvalue weighted by molar-refractivity contribution is 0.0940. The fraction of sp³-hybridized carbons (Fsp3) is 0.179. The smallest absolute Gasteiger partial charge is 0.257 e. The normalized spacial score (nSPS) is 12.2. The van der Waals surface area contributed by atoms with Gasteiger partial charge in [-0.3, -0.25) is 4.79 Å². The summed E-state index contributed by atoms with van der Waals surface area (Å²) >= 11 is 0. The molecule has 0 radical (unpaired) electrons. The number of amides is 1. The van der Waals surface area contributed by atoms with Gasteiger partial charge in [-0.15, -0.1) is 0 Å². The summed E-state index contributed by atoms with van der Waals surface area (Å²) in [6, 6.07) is 23.8. The number of nitrogen functional groups attached to an aromatic ring is 1. The van der Waals surface area contributed by atoms with E-state index in [0.717, 1.165) is 18.4 Å². The summed E-state index contributed by atoms with van der Waals surface area (Å²) in [7, 11) is 0. The molecule has 0 aliphatic carbocycles. The highest BCUT2D eigenvalue weighted by Gasteiger charge is 2.25. The van der Waals surface area contributed by atoms with Crippen LogP contribution < -0.4 is 11.1 Å². The van der Waals surface area contributed by atoms with Crippen LogP contribution in [-0.2, 0) is 13.0 Å². The molecular weight excluding hydrogens is 441 g/mol. The molecule has 0 fully saturated rings. The van der Waals surface area contributed by atoms with E-state index in [2.05, 4.69) is 17.4 Å². The zero-order valence-electron chi connectivity index (χ0n) is 19.4. The van der Waals surface area contributed by atoms with Crippen LogP contribution in [0, 0.1) is 5.82 Å². The highest BCUT2D eigenvalue weighted by atomic mass is 19.1. The summed E-state index contributed by atoms with van der Waals surface area (Å²) in [4.78, 5) is 23.0. The minimum absolute atomic E-state index is 0.0639. The number of hydrogen-bond acceptors (Lipinski definition) is 4. The molecule has 176 valence electrons. The van der Waals surface area contributed by atoms with Crippen LogP contribution in [0.1, 0.15) is 34.8 Å². The number of fused-ring (bicyclic) bond motifs is 2. The second-order valence-electron chi connectivity index (χ2n) is 8.76. The first-order chi connectivity index (χ1) is 17.0. The average molecular weight is 468 g/mol. The molecule has 1 amide bonds. The second kappa shape index (κ2) is 9.54. The summed E-state index contributed by atoms with van der Waals surface area (Å²) in [5.74, 6) is -0.308. The molecule has 2 heterocycles. The summed E-state index contributed by atoms with van der Waals surface area (Å²) in [5.41, 5.74) is 11.3. The number of aryl methyl sites for hydroxylation is 1. The van der Waals surface area contributed by atoms with Crippen molar-refractivity contribution in [2.75, 3.05) is 5.73 Å². The maximum Gasteiger partial charge on any atom is 0.257 e. The molecule has 3 aromatic carbocycles. The van der Waals surface area contributed by atoms with Crippen molar-refractivity contribution in [2.24, 2.45) is 0 Å². The van der Waals surface area contributed by atoms with Gasteiger partial charge in [-0.05, 0) is 55.2 Å².